The zero-order valence-corrected chi connectivity index (χ0v) is 15.7. The molecule has 1 amide bonds. The van der Waals surface area contributed by atoms with Crippen molar-refractivity contribution >= 4 is 29.0 Å². The number of anilines is 1. The summed E-state index contributed by atoms with van der Waals surface area (Å²) in [4.78, 5) is 26.5. The Labute approximate surface area is 169 Å². The van der Waals surface area contributed by atoms with E-state index < -0.39 is 16.4 Å². The number of nitro groups is 1. The standard InChI is InChI=1S/C20H14ClFN4O3/c21-16-8-17(22)14(7-18(16)26(28)29)12-6-15(19(23)25-9-12)10-1-2-13-11(5-10)3-4-24-20(13)27/h1-2,5-9H,3-4H2,(H2,23,25)(H,24,27). The van der Waals surface area contributed by atoms with Crippen molar-refractivity contribution < 1.29 is 14.1 Å². The van der Waals surface area contributed by atoms with E-state index in [4.69, 9.17) is 17.3 Å². The fraction of sp³-hybridized carbons (Fsp3) is 0.100. The Morgan fingerprint density at radius 2 is 1.93 bits per heavy atom. The molecule has 0 fully saturated rings. The number of pyridine rings is 1. The van der Waals surface area contributed by atoms with Crippen LogP contribution in [0.15, 0.2) is 42.6 Å². The summed E-state index contributed by atoms with van der Waals surface area (Å²) < 4.78 is 14.5. The fourth-order valence-electron chi connectivity index (χ4n) is 3.35. The lowest BCUT2D eigenvalue weighted by atomic mass is 9.94. The van der Waals surface area contributed by atoms with Crippen molar-refractivity contribution in [1.82, 2.24) is 10.3 Å². The third-order valence-electron chi connectivity index (χ3n) is 4.80. The largest absolute Gasteiger partial charge is 0.383 e. The second kappa shape index (κ2) is 7.14. The van der Waals surface area contributed by atoms with Crippen LogP contribution in [0.25, 0.3) is 22.3 Å². The molecule has 0 saturated carbocycles. The second-order valence-corrected chi connectivity index (χ2v) is 6.98. The number of benzene rings is 2. The molecule has 2 heterocycles. The van der Waals surface area contributed by atoms with Gasteiger partial charge in [-0.25, -0.2) is 9.37 Å². The Hall–Kier alpha value is -3.52. The molecule has 2 aromatic carbocycles. The number of rotatable bonds is 3. The van der Waals surface area contributed by atoms with E-state index in [1.807, 2.05) is 6.07 Å². The number of halogens is 2. The average Bonchev–Trinajstić information content (AvgIpc) is 2.68. The van der Waals surface area contributed by atoms with Gasteiger partial charge in [0.2, 0.25) is 0 Å². The van der Waals surface area contributed by atoms with Gasteiger partial charge in [-0.2, -0.15) is 0 Å². The minimum absolute atomic E-state index is 0.00723. The lowest BCUT2D eigenvalue weighted by Crippen LogP contribution is -2.31. The minimum atomic E-state index is -0.708. The van der Waals surface area contributed by atoms with Crippen LogP contribution in [-0.4, -0.2) is 22.4 Å². The van der Waals surface area contributed by atoms with Gasteiger partial charge in [0, 0.05) is 47.1 Å². The van der Waals surface area contributed by atoms with Crippen molar-refractivity contribution in [3.05, 3.63) is 74.7 Å². The van der Waals surface area contributed by atoms with Gasteiger partial charge in [-0.05, 0) is 29.7 Å². The smallest absolute Gasteiger partial charge is 0.288 e. The molecule has 0 radical (unpaired) electrons. The molecular formula is C20H14ClFN4O3. The van der Waals surface area contributed by atoms with Crippen LogP contribution in [-0.2, 0) is 6.42 Å². The first-order valence-corrected chi connectivity index (χ1v) is 9.04. The number of nitrogen functional groups attached to an aromatic ring is 1. The molecule has 3 N–H and O–H groups in total. The summed E-state index contributed by atoms with van der Waals surface area (Å²) in [7, 11) is 0. The molecule has 3 aromatic rings. The molecule has 1 aliphatic rings. The molecule has 0 saturated heterocycles. The monoisotopic (exact) mass is 412 g/mol. The van der Waals surface area contributed by atoms with Gasteiger partial charge in [-0.15, -0.1) is 0 Å². The van der Waals surface area contributed by atoms with E-state index in [-0.39, 0.29) is 22.3 Å². The number of nitrogens with one attached hydrogen (secondary N) is 1. The Morgan fingerprint density at radius 3 is 2.69 bits per heavy atom. The maximum absolute atomic E-state index is 14.5. The van der Waals surface area contributed by atoms with E-state index in [0.29, 0.717) is 35.2 Å². The summed E-state index contributed by atoms with van der Waals surface area (Å²) in [6.07, 6.45) is 2.03. The van der Waals surface area contributed by atoms with Gasteiger partial charge in [0.05, 0.1) is 4.92 Å². The highest BCUT2D eigenvalue weighted by Crippen LogP contribution is 2.36. The first-order chi connectivity index (χ1) is 13.8. The topological polar surface area (TPSA) is 111 Å². The number of aromatic nitrogens is 1. The predicted octanol–water partition coefficient (Wildman–Crippen LogP) is 3.98. The number of nitrogens with two attached hydrogens (primary N) is 1. The summed E-state index contributed by atoms with van der Waals surface area (Å²) >= 11 is 5.77. The number of amides is 1. The van der Waals surface area contributed by atoms with Crippen LogP contribution in [0.1, 0.15) is 15.9 Å². The number of carbonyl (C=O) groups is 1. The molecule has 0 unspecified atom stereocenters. The van der Waals surface area contributed by atoms with Crippen LogP contribution < -0.4 is 11.1 Å². The second-order valence-electron chi connectivity index (χ2n) is 6.58. The molecule has 4 rings (SSSR count). The van der Waals surface area contributed by atoms with Gasteiger partial charge < -0.3 is 11.1 Å². The molecule has 146 valence electrons. The van der Waals surface area contributed by atoms with Crippen LogP contribution in [0, 0.1) is 15.9 Å². The number of hydrogen-bond donors (Lipinski definition) is 2. The van der Waals surface area contributed by atoms with Crippen molar-refractivity contribution in [1.29, 1.82) is 0 Å². The Kier molecular flexibility index (Phi) is 4.63. The maximum Gasteiger partial charge on any atom is 0.288 e. The number of nitrogens with zero attached hydrogens (tertiary/aromatic N) is 2. The highest BCUT2D eigenvalue weighted by atomic mass is 35.5. The molecule has 9 heteroatoms. The summed E-state index contributed by atoms with van der Waals surface area (Å²) in [5.74, 6) is -0.619. The Balaban J connectivity index is 1.83. The molecule has 0 spiro atoms. The van der Waals surface area contributed by atoms with Gasteiger partial charge in [-0.1, -0.05) is 23.7 Å². The average molecular weight is 413 g/mol. The van der Waals surface area contributed by atoms with E-state index in [0.717, 1.165) is 17.7 Å². The Morgan fingerprint density at radius 1 is 1.14 bits per heavy atom. The zero-order chi connectivity index (χ0) is 20.7. The zero-order valence-electron chi connectivity index (χ0n) is 14.9. The maximum atomic E-state index is 14.5. The number of hydrogen-bond acceptors (Lipinski definition) is 5. The van der Waals surface area contributed by atoms with E-state index >= 15 is 0 Å². The highest BCUT2D eigenvalue weighted by Gasteiger charge is 2.20. The van der Waals surface area contributed by atoms with Gasteiger partial charge in [0.1, 0.15) is 16.7 Å². The minimum Gasteiger partial charge on any atom is -0.383 e. The van der Waals surface area contributed by atoms with Gasteiger partial charge in [0.15, 0.2) is 0 Å². The first-order valence-electron chi connectivity index (χ1n) is 8.66. The quantitative estimate of drug-likeness (QED) is 0.499. The predicted molar refractivity (Wildman–Crippen MR) is 107 cm³/mol. The summed E-state index contributed by atoms with van der Waals surface area (Å²) in [6, 6.07) is 8.89. The Bertz CT molecular complexity index is 1180. The van der Waals surface area contributed by atoms with Crippen LogP contribution in [0.5, 0.6) is 0 Å². The molecule has 0 aliphatic carbocycles. The lowest BCUT2D eigenvalue weighted by Gasteiger charge is -2.18. The third kappa shape index (κ3) is 3.38. The summed E-state index contributed by atoms with van der Waals surface area (Å²) in [6.45, 7) is 0.544. The van der Waals surface area contributed by atoms with Gasteiger partial charge in [-0.3, -0.25) is 14.9 Å². The van der Waals surface area contributed by atoms with Crippen molar-refractivity contribution in [2.24, 2.45) is 0 Å². The van der Waals surface area contributed by atoms with Crippen LogP contribution in [0.2, 0.25) is 5.02 Å². The molecule has 7 nitrogen and oxygen atoms in total. The summed E-state index contributed by atoms with van der Waals surface area (Å²) in [5.41, 5.74) is 8.67. The molecule has 29 heavy (non-hydrogen) atoms. The van der Waals surface area contributed by atoms with Crippen LogP contribution in [0.4, 0.5) is 15.9 Å². The molecular weight excluding hydrogens is 399 g/mol. The molecule has 1 aliphatic heterocycles. The SMILES string of the molecule is Nc1ncc(-c2cc([N+](=O)[O-])c(Cl)cc2F)cc1-c1ccc2c(c1)CCNC2=O. The van der Waals surface area contributed by atoms with Gasteiger partial charge in [0.25, 0.3) is 11.6 Å². The number of nitro benzene ring substituents is 1. The lowest BCUT2D eigenvalue weighted by molar-refractivity contribution is -0.384. The first kappa shape index (κ1) is 18.8. The van der Waals surface area contributed by atoms with E-state index in [1.54, 1.807) is 18.2 Å². The van der Waals surface area contributed by atoms with E-state index in [2.05, 4.69) is 10.3 Å². The number of carbonyl (C=O) groups excluding carboxylic acids is 1. The normalized spacial score (nSPS) is 13.0. The molecule has 0 bridgehead atoms. The van der Waals surface area contributed by atoms with Crippen molar-refractivity contribution in [2.75, 3.05) is 12.3 Å². The van der Waals surface area contributed by atoms with Crippen LogP contribution >= 0.6 is 11.6 Å². The highest BCUT2D eigenvalue weighted by molar-refractivity contribution is 6.32. The molecule has 1 aromatic heterocycles. The van der Waals surface area contributed by atoms with Crippen LogP contribution in [0.3, 0.4) is 0 Å². The third-order valence-corrected chi connectivity index (χ3v) is 5.11. The molecule has 0 atom stereocenters. The number of fused-ring (bicyclic) bond motifs is 1. The van der Waals surface area contributed by atoms with Crippen molar-refractivity contribution in [2.45, 2.75) is 6.42 Å². The van der Waals surface area contributed by atoms with E-state index in [1.165, 1.54) is 6.20 Å². The summed E-state index contributed by atoms with van der Waals surface area (Å²) in [5, 5.41) is 13.6. The fourth-order valence-corrected chi connectivity index (χ4v) is 3.57. The van der Waals surface area contributed by atoms with Crippen molar-refractivity contribution in [3.63, 3.8) is 0 Å². The van der Waals surface area contributed by atoms with Crippen molar-refractivity contribution in [3.8, 4) is 22.3 Å². The van der Waals surface area contributed by atoms with Gasteiger partial charge >= 0.3 is 0 Å². The van der Waals surface area contributed by atoms with E-state index in [9.17, 15) is 19.3 Å².